The highest BCUT2D eigenvalue weighted by Crippen LogP contribution is 2.36. The number of aryl methyl sites for hydroxylation is 2. The summed E-state index contributed by atoms with van der Waals surface area (Å²) in [6, 6.07) is 13.1. The standard InChI is InChI=1S/C53H77N11O9/c1-5-6-21-57-52-58-35-42-48(61-64(49(42)60-52)40-14-16-41(17-15-40)73-51(67)47(54)36(2)3)39-12-9-38(10-13-39)34-56-23-22-55-24-26-70-28-30-72-32-31-71-29-27-69-25-7-8-37-11-18-43-45(33-37)62(4)53(68)63(43)44-19-20-46(65)59-50(44)66/h9-13,18,33,35-36,40-41,44,47,55-56H,5-8,14-17,19-32,34,54H2,1-4H3,(H,57,58,60)(H,59,65,66)/t40?,41?,44?,47-/m0/s1. The maximum atomic E-state index is 13.0. The molecule has 1 saturated carbocycles. The minimum Gasteiger partial charge on any atom is -0.461 e. The predicted molar refractivity (Wildman–Crippen MR) is 279 cm³/mol. The molecule has 398 valence electrons. The van der Waals surface area contributed by atoms with E-state index in [4.69, 9.17) is 39.5 Å². The van der Waals surface area contributed by atoms with Crippen LogP contribution >= 0.6 is 0 Å². The van der Waals surface area contributed by atoms with Gasteiger partial charge in [-0.05, 0) is 80.5 Å². The van der Waals surface area contributed by atoms with E-state index in [2.05, 4.69) is 62.1 Å². The summed E-state index contributed by atoms with van der Waals surface area (Å²) in [5, 5.41) is 18.7. The Labute approximate surface area is 427 Å². The van der Waals surface area contributed by atoms with E-state index < -0.39 is 18.0 Å². The summed E-state index contributed by atoms with van der Waals surface area (Å²) in [5.74, 6) is -0.438. The van der Waals surface area contributed by atoms with Gasteiger partial charge in [-0.2, -0.15) is 10.1 Å². The number of anilines is 1. The Bertz CT molecular complexity index is 2610. The lowest BCUT2D eigenvalue weighted by Crippen LogP contribution is -2.44. The summed E-state index contributed by atoms with van der Waals surface area (Å²) in [6.45, 7) is 14.1. The second-order valence-corrected chi connectivity index (χ2v) is 19.3. The number of fused-ring (bicyclic) bond motifs is 2. The number of aromatic nitrogens is 6. The smallest absolute Gasteiger partial charge is 0.329 e. The van der Waals surface area contributed by atoms with E-state index in [-0.39, 0.29) is 42.1 Å². The number of esters is 1. The molecule has 7 rings (SSSR count). The van der Waals surface area contributed by atoms with Crippen LogP contribution in [0.2, 0.25) is 0 Å². The van der Waals surface area contributed by atoms with Crippen molar-refractivity contribution in [2.45, 2.75) is 116 Å². The summed E-state index contributed by atoms with van der Waals surface area (Å²) < 4.78 is 33.6. The molecule has 2 aliphatic rings. The molecular formula is C53H77N11O9. The second kappa shape index (κ2) is 28.2. The van der Waals surface area contributed by atoms with Gasteiger partial charge in [0.05, 0.1) is 68.7 Å². The van der Waals surface area contributed by atoms with Crippen molar-refractivity contribution in [3.05, 3.63) is 70.3 Å². The SMILES string of the molecule is CCCCNc1ncc2c(-c3ccc(CNCCNCCOCCOCCOCCOCCCc4ccc5c(c4)n(C)c(=O)n5C4CCC(=O)NC4=O)cc3)nn(C3CCC(OC(=O)[C@@H](N)C(C)C)CC3)c2n1. The first kappa shape index (κ1) is 55.1. The number of amides is 2. The summed E-state index contributed by atoms with van der Waals surface area (Å²) in [7, 11) is 1.70. The van der Waals surface area contributed by atoms with E-state index in [0.29, 0.717) is 70.7 Å². The number of carbonyl (C=O) groups excluding carboxylic acids is 3. The molecule has 73 heavy (non-hydrogen) atoms. The van der Waals surface area contributed by atoms with Gasteiger partial charge < -0.3 is 45.4 Å². The molecular weight excluding hydrogens is 935 g/mol. The van der Waals surface area contributed by atoms with Crippen molar-refractivity contribution in [1.82, 2.24) is 44.8 Å². The van der Waals surface area contributed by atoms with Gasteiger partial charge in [-0.3, -0.25) is 28.8 Å². The number of piperidine rings is 1. The van der Waals surface area contributed by atoms with Crippen molar-refractivity contribution in [2.75, 3.05) is 84.4 Å². The molecule has 20 nitrogen and oxygen atoms in total. The van der Waals surface area contributed by atoms with Gasteiger partial charge in [0.25, 0.3) is 0 Å². The van der Waals surface area contributed by atoms with Crippen LogP contribution in [0, 0.1) is 5.92 Å². The van der Waals surface area contributed by atoms with Crippen LogP contribution < -0.4 is 32.7 Å². The quantitative estimate of drug-likeness (QED) is 0.0229. The third-order valence-electron chi connectivity index (χ3n) is 13.5. The monoisotopic (exact) mass is 1010 g/mol. The van der Waals surface area contributed by atoms with Gasteiger partial charge in [0, 0.05) is 64.6 Å². The van der Waals surface area contributed by atoms with E-state index >= 15 is 0 Å². The predicted octanol–water partition coefficient (Wildman–Crippen LogP) is 4.73. The number of carbonyl (C=O) groups is 3. The molecule has 0 spiro atoms. The average molecular weight is 1010 g/mol. The van der Waals surface area contributed by atoms with Gasteiger partial charge in [-0.1, -0.05) is 57.5 Å². The fraction of sp³-hybridized carbons (Fsp3) is 0.604. The highest BCUT2D eigenvalue weighted by atomic mass is 16.6. The largest absolute Gasteiger partial charge is 0.461 e. The second-order valence-electron chi connectivity index (χ2n) is 19.3. The van der Waals surface area contributed by atoms with Gasteiger partial charge in [0.1, 0.15) is 23.9 Å². The number of benzene rings is 2. The molecule has 5 aromatic rings. The maximum Gasteiger partial charge on any atom is 0.329 e. The Hall–Kier alpha value is -5.61. The Morgan fingerprint density at radius 2 is 1.49 bits per heavy atom. The molecule has 1 unspecified atom stereocenters. The van der Waals surface area contributed by atoms with E-state index in [0.717, 1.165) is 117 Å². The van der Waals surface area contributed by atoms with E-state index in [1.54, 1.807) is 11.6 Å². The first-order valence-electron chi connectivity index (χ1n) is 26.3. The molecule has 1 aliphatic carbocycles. The average Bonchev–Trinajstić information content (AvgIpc) is 3.88. The molecule has 6 N–H and O–H groups in total. The number of rotatable bonds is 31. The lowest BCUT2D eigenvalue weighted by molar-refractivity contribution is -0.153. The van der Waals surface area contributed by atoms with E-state index in [9.17, 15) is 19.2 Å². The van der Waals surface area contributed by atoms with Gasteiger partial charge >= 0.3 is 11.7 Å². The fourth-order valence-corrected chi connectivity index (χ4v) is 9.17. The number of imidazole rings is 1. The van der Waals surface area contributed by atoms with Gasteiger partial charge in [0.15, 0.2) is 5.65 Å². The first-order chi connectivity index (χ1) is 35.5. The van der Waals surface area contributed by atoms with Crippen LogP contribution in [0.5, 0.6) is 0 Å². The van der Waals surface area contributed by atoms with Gasteiger partial charge in [0.2, 0.25) is 17.8 Å². The molecule has 0 radical (unpaired) electrons. The Kier molecular flexibility index (Phi) is 21.3. The van der Waals surface area contributed by atoms with Crippen LogP contribution in [-0.4, -0.2) is 138 Å². The number of imide groups is 1. The molecule has 1 aliphatic heterocycles. The van der Waals surface area contributed by atoms with E-state index in [1.165, 1.54) is 10.1 Å². The van der Waals surface area contributed by atoms with Crippen molar-refractivity contribution in [3.8, 4) is 11.3 Å². The minimum absolute atomic E-state index is 0.0296. The number of hydrogen-bond donors (Lipinski definition) is 5. The topological polar surface area (TPSA) is 242 Å². The summed E-state index contributed by atoms with van der Waals surface area (Å²) >= 11 is 0. The third kappa shape index (κ3) is 15.5. The zero-order valence-corrected chi connectivity index (χ0v) is 43.2. The molecule has 4 heterocycles. The highest BCUT2D eigenvalue weighted by molar-refractivity contribution is 6.00. The fourth-order valence-electron chi connectivity index (χ4n) is 9.17. The van der Waals surface area contributed by atoms with Crippen molar-refractivity contribution in [3.63, 3.8) is 0 Å². The molecule has 0 bridgehead atoms. The molecule has 2 amide bonds. The van der Waals surface area contributed by atoms with Gasteiger partial charge in [-0.15, -0.1) is 0 Å². The Balaban J connectivity index is 0.707. The number of ether oxygens (including phenoxy) is 5. The number of nitrogens with one attached hydrogen (secondary N) is 4. The summed E-state index contributed by atoms with van der Waals surface area (Å²) in [4.78, 5) is 59.2. The zero-order valence-electron chi connectivity index (χ0n) is 43.2. The number of nitrogens with zero attached hydrogens (tertiary/aromatic N) is 6. The van der Waals surface area contributed by atoms with Crippen molar-refractivity contribution < 1.29 is 38.1 Å². The summed E-state index contributed by atoms with van der Waals surface area (Å²) in [5.41, 5.74) is 12.1. The lowest BCUT2D eigenvalue weighted by atomic mass is 9.93. The Morgan fingerprint density at radius 3 is 2.19 bits per heavy atom. The molecule has 2 fully saturated rings. The van der Waals surface area contributed by atoms with Crippen molar-refractivity contribution >= 4 is 45.8 Å². The van der Waals surface area contributed by atoms with Gasteiger partial charge in [-0.25, -0.2) is 14.5 Å². The van der Waals surface area contributed by atoms with Crippen molar-refractivity contribution in [2.24, 2.45) is 18.7 Å². The molecule has 2 atom stereocenters. The first-order valence-corrected chi connectivity index (χ1v) is 26.3. The normalized spacial score (nSPS) is 17.7. The Morgan fingerprint density at radius 1 is 0.808 bits per heavy atom. The number of nitrogens with two attached hydrogens (primary N) is 1. The van der Waals surface area contributed by atoms with Crippen LogP contribution in [0.25, 0.3) is 33.3 Å². The zero-order chi connectivity index (χ0) is 51.5. The van der Waals surface area contributed by atoms with Crippen LogP contribution in [0.1, 0.15) is 102 Å². The highest BCUT2D eigenvalue weighted by Gasteiger charge is 2.32. The van der Waals surface area contributed by atoms with Crippen molar-refractivity contribution in [1.29, 1.82) is 0 Å². The van der Waals surface area contributed by atoms with E-state index in [1.807, 2.05) is 38.2 Å². The molecule has 3 aromatic heterocycles. The van der Waals surface area contributed by atoms with Crippen LogP contribution in [0.15, 0.2) is 53.5 Å². The molecule has 1 saturated heterocycles. The molecule has 20 heteroatoms. The van der Waals surface area contributed by atoms with Crippen LogP contribution in [0.3, 0.4) is 0 Å². The lowest BCUT2D eigenvalue weighted by Gasteiger charge is -2.29. The number of unbranched alkanes of at least 4 members (excludes halogenated alkanes) is 1. The minimum atomic E-state index is -0.694. The molecule has 2 aromatic carbocycles. The van der Waals surface area contributed by atoms with Crippen LogP contribution in [-0.2, 0) is 58.1 Å². The maximum absolute atomic E-state index is 13.0. The summed E-state index contributed by atoms with van der Waals surface area (Å²) in [6.07, 6.45) is 9.10. The number of hydrogen-bond acceptors (Lipinski definition) is 16. The van der Waals surface area contributed by atoms with Crippen LogP contribution in [0.4, 0.5) is 5.95 Å². The third-order valence-corrected chi connectivity index (χ3v) is 13.5.